The van der Waals surface area contributed by atoms with E-state index in [0.29, 0.717) is 6.42 Å². The monoisotopic (exact) mass is 212 g/mol. The summed E-state index contributed by atoms with van der Waals surface area (Å²) in [4.78, 5) is 0. The molecular formula is C6H13BrO3. The van der Waals surface area contributed by atoms with Gasteiger partial charge < -0.3 is 14.6 Å². The fourth-order valence-corrected chi connectivity index (χ4v) is 1.12. The molecule has 3 nitrogen and oxygen atoms in total. The minimum absolute atomic E-state index is 0.0741. The van der Waals surface area contributed by atoms with Gasteiger partial charge in [-0.25, -0.2) is 0 Å². The maximum Gasteiger partial charge on any atom is 0.138 e. The number of methoxy groups -OCH3 is 2. The zero-order valence-electron chi connectivity index (χ0n) is 6.21. The highest BCUT2D eigenvalue weighted by molar-refractivity contribution is 9.09. The highest BCUT2D eigenvalue weighted by atomic mass is 79.9. The Morgan fingerprint density at radius 1 is 1.40 bits per heavy atom. The molecule has 0 aliphatic carbocycles. The standard InChI is InChI=1S/C6H13BrO3/c1-9-5(3-4-8)6(7)10-2/h5-6,8H,3-4H2,1-2H3. The molecule has 4 heteroatoms. The average molecular weight is 213 g/mol. The minimum atomic E-state index is -0.135. The zero-order valence-corrected chi connectivity index (χ0v) is 7.80. The van der Waals surface area contributed by atoms with E-state index in [9.17, 15) is 0 Å². The number of halogens is 1. The van der Waals surface area contributed by atoms with Crippen molar-refractivity contribution in [2.75, 3.05) is 20.8 Å². The summed E-state index contributed by atoms with van der Waals surface area (Å²) in [5.74, 6) is 0. The van der Waals surface area contributed by atoms with Crippen molar-refractivity contribution in [2.45, 2.75) is 17.5 Å². The summed E-state index contributed by atoms with van der Waals surface area (Å²) >= 11 is 3.25. The number of rotatable bonds is 5. The first kappa shape index (κ1) is 10.4. The molecule has 0 fully saturated rings. The van der Waals surface area contributed by atoms with Crippen LogP contribution in [-0.4, -0.2) is 37.1 Å². The molecule has 0 aliphatic heterocycles. The number of ether oxygens (including phenoxy) is 2. The number of aliphatic hydroxyl groups excluding tert-OH is 1. The number of aliphatic hydroxyl groups is 1. The molecule has 0 saturated heterocycles. The van der Waals surface area contributed by atoms with Crippen LogP contribution in [0, 0.1) is 0 Å². The van der Waals surface area contributed by atoms with Gasteiger partial charge in [-0.15, -0.1) is 0 Å². The lowest BCUT2D eigenvalue weighted by Crippen LogP contribution is -2.25. The number of hydrogen-bond acceptors (Lipinski definition) is 3. The van der Waals surface area contributed by atoms with E-state index in [4.69, 9.17) is 14.6 Å². The Hall–Kier alpha value is 0.360. The fraction of sp³-hybridized carbons (Fsp3) is 1.00. The molecule has 2 unspecified atom stereocenters. The van der Waals surface area contributed by atoms with Crippen molar-refractivity contribution in [3.05, 3.63) is 0 Å². The summed E-state index contributed by atoms with van der Waals surface area (Å²) in [7, 11) is 3.18. The Bertz CT molecular complexity index is 79.4. The SMILES string of the molecule is COC(Br)C(CCO)OC. The van der Waals surface area contributed by atoms with Gasteiger partial charge in [0, 0.05) is 27.2 Å². The van der Waals surface area contributed by atoms with E-state index in [0.717, 1.165) is 0 Å². The molecule has 0 bridgehead atoms. The van der Waals surface area contributed by atoms with Gasteiger partial charge in [0.1, 0.15) is 5.01 Å². The van der Waals surface area contributed by atoms with Crippen LogP contribution in [0.15, 0.2) is 0 Å². The summed E-state index contributed by atoms with van der Waals surface area (Å²) in [6.07, 6.45) is 0.510. The van der Waals surface area contributed by atoms with Crippen LogP contribution < -0.4 is 0 Å². The first-order valence-electron chi connectivity index (χ1n) is 3.06. The Labute approximate surface area is 69.5 Å². The summed E-state index contributed by atoms with van der Waals surface area (Å²) < 4.78 is 9.95. The van der Waals surface area contributed by atoms with Crippen molar-refractivity contribution < 1.29 is 14.6 Å². The molecule has 62 valence electrons. The van der Waals surface area contributed by atoms with E-state index >= 15 is 0 Å². The molecule has 0 heterocycles. The lowest BCUT2D eigenvalue weighted by molar-refractivity contribution is 0.00000134. The van der Waals surface area contributed by atoms with Crippen LogP contribution >= 0.6 is 15.9 Å². The molecule has 0 saturated carbocycles. The normalized spacial score (nSPS) is 16.8. The highest BCUT2D eigenvalue weighted by Crippen LogP contribution is 2.12. The van der Waals surface area contributed by atoms with E-state index in [1.807, 2.05) is 0 Å². The molecule has 0 radical (unpaired) electrons. The van der Waals surface area contributed by atoms with Gasteiger partial charge >= 0.3 is 0 Å². The van der Waals surface area contributed by atoms with Crippen molar-refractivity contribution in [1.82, 2.24) is 0 Å². The maximum atomic E-state index is 8.56. The molecule has 1 N–H and O–H groups in total. The molecule has 0 rings (SSSR count). The molecule has 0 spiro atoms. The second kappa shape index (κ2) is 6.09. The van der Waals surface area contributed by atoms with E-state index in [1.165, 1.54) is 0 Å². The van der Waals surface area contributed by atoms with Gasteiger partial charge in [0.05, 0.1) is 6.10 Å². The third kappa shape index (κ3) is 3.51. The van der Waals surface area contributed by atoms with Crippen LogP contribution in [0.2, 0.25) is 0 Å². The molecule has 0 aromatic rings. The molecule has 0 aliphatic rings. The van der Waals surface area contributed by atoms with Crippen molar-refractivity contribution in [3.63, 3.8) is 0 Å². The smallest absolute Gasteiger partial charge is 0.138 e. The minimum Gasteiger partial charge on any atom is -0.396 e. The summed E-state index contributed by atoms with van der Waals surface area (Å²) in [6.45, 7) is 0.115. The molecule has 2 atom stereocenters. The van der Waals surface area contributed by atoms with Crippen LogP contribution in [-0.2, 0) is 9.47 Å². The Morgan fingerprint density at radius 3 is 2.30 bits per heavy atom. The van der Waals surface area contributed by atoms with Gasteiger partial charge in [0.2, 0.25) is 0 Å². The molecular weight excluding hydrogens is 200 g/mol. The largest absolute Gasteiger partial charge is 0.396 e. The van der Waals surface area contributed by atoms with E-state index < -0.39 is 0 Å². The van der Waals surface area contributed by atoms with Crippen LogP contribution in [0.25, 0.3) is 0 Å². The lowest BCUT2D eigenvalue weighted by Gasteiger charge is -2.18. The van der Waals surface area contributed by atoms with Gasteiger partial charge in [-0.2, -0.15) is 0 Å². The predicted molar refractivity (Wildman–Crippen MR) is 42.2 cm³/mol. The zero-order chi connectivity index (χ0) is 7.98. The average Bonchev–Trinajstić information content (AvgIpc) is 1.99. The Morgan fingerprint density at radius 2 is 2.00 bits per heavy atom. The fourth-order valence-electron chi connectivity index (χ4n) is 0.635. The summed E-state index contributed by atoms with van der Waals surface area (Å²) in [5.41, 5.74) is 0. The summed E-state index contributed by atoms with van der Waals surface area (Å²) in [5, 5.41) is 8.42. The van der Waals surface area contributed by atoms with E-state index in [-0.39, 0.29) is 17.7 Å². The van der Waals surface area contributed by atoms with Crippen molar-refractivity contribution in [3.8, 4) is 0 Å². The molecule has 0 aromatic heterocycles. The second-order valence-corrected chi connectivity index (χ2v) is 2.78. The predicted octanol–water partition coefficient (Wildman–Crippen LogP) is 0.751. The second-order valence-electron chi connectivity index (χ2n) is 1.87. The van der Waals surface area contributed by atoms with Gasteiger partial charge in [-0.3, -0.25) is 0 Å². The third-order valence-electron chi connectivity index (χ3n) is 1.23. The molecule has 0 amide bonds. The van der Waals surface area contributed by atoms with Crippen LogP contribution in [0.5, 0.6) is 0 Å². The Balaban J connectivity index is 3.56. The van der Waals surface area contributed by atoms with Crippen molar-refractivity contribution in [2.24, 2.45) is 0 Å². The van der Waals surface area contributed by atoms with Crippen LogP contribution in [0.1, 0.15) is 6.42 Å². The van der Waals surface area contributed by atoms with Gasteiger partial charge in [0.15, 0.2) is 0 Å². The molecule has 10 heavy (non-hydrogen) atoms. The van der Waals surface area contributed by atoms with Crippen molar-refractivity contribution in [1.29, 1.82) is 0 Å². The first-order valence-corrected chi connectivity index (χ1v) is 3.98. The van der Waals surface area contributed by atoms with E-state index in [1.54, 1.807) is 14.2 Å². The summed E-state index contributed by atoms with van der Waals surface area (Å²) in [6, 6.07) is 0. The maximum absolute atomic E-state index is 8.56. The number of hydrogen-bond donors (Lipinski definition) is 1. The van der Waals surface area contributed by atoms with Crippen LogP contribution in [0.4, 0.5) is 0 Å². The first-order chi connectivity index (χ1) is 4.76. The van der Waals surface area contributed by atoms with E-state index in [2.05, 4.69) is 15.9 Å². The third-order valence-corrected chi connectivity index (χ3v) is 2.20. The highest BCUT2D eigenvalue weighted by Gasteiger charge is 2.16. The lowest BCUT2D eigenvalue weighted by atomic mass is 10.3. The van der Waals surface area contributed by atoms with Crippen molar-refractivity contribution >= 4 is 15.9 Å². The molecule has 0 aromatic carbocycles. The van der Waals surface area contributed by atoms with Gasteiger partial charge in [-0.1, -0.05) is 15.9 Å². The Kier molecular flexibility index (Phi) is 6.31. The van der Waals surface area contributed by atoms with Gasteiger partial charge in [0.25, 0.3) is 0 Å². The number of alkyl halides is 1. The van der Waals surface area contributed by atoms with Crippen LogP contribution in [0.3, 0.4) is 0 Å². The topological polar surface area (TPSA) is 38.7 Å². The quantitative estimate of drug-likeness (QED) is 0.685. The van der Waals surface area contributed by atoms with Gasteiger partial charge in [-0.05, 0) is 0 Å².